The topological polar surface area (TPSA) is 162 Å². The van der Waals surface area contributed by atoms with Crippen molar-refractivity contribution in [1.82, 2.24) is 26.6 Å². The molecule has 5 N–H and O–H groups in total. The van der Waals surface area contributed by atoms with E-state index in [0.29, 0.717) is 49.7 Å². The fourth-order valence-corrected chi connectivity index (χ4v) is 27.1. The summed E-state index contributed by atoms with van der Waals surface area (Å²) in [6, 6.07) is 73.5. The minimum absolute atomic E-state index is 0.238. The maximum atomic E-state index is 6.20. The van der Waals surface area contributed by atoms with E-state index in [2.05, 4.69) is 313 Å². The molecule has 10 rings (SSSR count). The average Bonchev–Trinajstić information content (AvgIpc) is 0.768. The minimum Gasteiger partial charge on any atom is -0.497 e. The first kappa shape index (κ1) is 105. The minimum atomic E-state index is -1.58. The quantitative estimate of drug-likeness (QED) is 0.0140. The predicted octanol–water partition coefficient (Wildman–Crippen LogP) is 12.8. The van der Waals surface area contributed by atoms with E-state index in [0.717, 1.165) is 72.5 Å². The number of nitrogens with one attached hydrogen (secondary N) is 5. The summed E-state index contributed by atoms with van der Waals surface area (Å²) in [5.41, 5.74) is 6.68. The maximum Gasteiger partial charge on any atom is 0.188 e. The average molecular weight is 1840 g/mol. The van der Waals surface area contributed by atoms with Crippen LogP contribution in [0, 0.1) is 0 Å². The maximum absolute atomic E-state index is 6.20. The first-order valence-electron chi connectivity index (χ1n) is 41.6. The van der Waals surface area contributed by atoms with Crippen LogP contribution < -0.4 is 134 Å². The summed E-state index contributed by atoms with van der Waals surface area (Å²) < 4.78 is 60.8. The number of methoxy groups -OCH3 is 6. The number of hydrogen-bond donors (Lipinski definition) is 5. The third kappa shape index (κ3) is 34.2. The van der Waals surface area contributed by atoms with Crippen molar-refractivity contribution < 1.29 is 52.1 Å². The van der Waals surface area contributed by atoms with Gasteiger partial charge in [0, 0.05) is 94.8 Å². The lowest BCUT2D eigenvalue weighted by molar-refractivity contribution is 0.0517. The van der Waals surface area contributed by atoms with Crippen molar-refractivity contribution >= 4 is 162 Å². The van der Waals surface area contributed by atoms with Crippen molar-refractivity contribution in [2.45, 2.75) is 131 Å². The van der Waals surface area contributed by atoms with E-state index in [1.165, 1.54) is 101 Å². The fourth-order valence-electron chi connectivity index (χ4n) is 13.0. The van der Waals surface area contributed by atoms with Crippen LogP contribution in [0.5, 0.6) is 34.5 Å². The Bertz CT molecular complexity index is 4610. The van der Waals surface area contributed by atoms with Crippen molar-refractivity contribution in [1.29, 1.82) is 0 Å². The van der Waals surface area contributed by atoms with Gasteiger partial charge >= 0.3 is 0 Å². The monoisotopic (exact) mass is 1840 g/mol. The molecule has 5 unspecified atom stereocenters. The summed E-state index contributed by atoms with van der Waals surface area (Å²) in [7, 11) is 15.3. The Morgan fingerprint density at radius 1 is 0.238 bits per heavy atom. The van der Waals surface area contributed by atoms with Crippen LogP contribution in [0.25, 0.3) is 0 Å². The lowest BCUT2D eigenvalue weighted by atomic mass is 10.2. The number of rotatable bonds is 41. The second kappa shape index (κ2) is 53.5. The standard InChI is InChI=1S/C22H36NO2PSi2.3C19H28NO2PSi.C17H22NO3P/c1-23-15-17-11-9-10-12-19(17)26-20-13-18(27(3,4)5)14-21(28(6,7)8)22(20)25-16-24-2;2*1-20-13-15-9-6-7-10-16(15)23-17-11-8-12-18(24(3,4)5)19(17)22-14-21-2;1-20-13-15-8-6-7-9-18(15)23-19-12-16(24(3,4)5)10-11-17(19)22-14-21-2;1-18-11-13-6-4-5-7-16(13)22-17-10-14(20-3)8-9-15(17)21-12-19-2/h9-14,23,26H,15-16H2,1-8H3;3*6-12,20,23H,13-14H2,1-5H3;4-10,18,22H,11-12H2,1-3H3. The van der Waals surface area contributed by atoms with Gasteiger partial charge in [0.2, 0.25) is 0 Å². The molecule has 122 heavy (non-hydrogen) atoms. The van der Waals surface area contributed by atoms with Crippen LogP contribution in [0.1, 0.15) is 27.8 Å². The molecule has 0 radical (unpaired) electrons. The van der Waals surface area contributed by atoms with E-state index in [-0.39, 0.29) is 27.2 Å². The summed E-state index contributed by atoms with van der Waals surface area (Å²) in [5.74, 6) is 5.70. The van der Waals surface area contributed by atoms with Gasteiger partial charge in [0.05, 0.1) is 47.5 Å². The van der Waals surface area contributed by atoms with Gasteiger partial charge in [-0.15, -0.1) is 0 Å². The van der Waals surface area contributed by atoms with Gasteiger partial charge in [-0.05, 0) is 129 Å². The Labute approximate surface area is 747 Å². The van der Waals surface area contributed by atoms with Gasteiger partial charge in [-0.25, -0.2) is 0 Å². The van der Waals surface area contributed by atoms with Crippen molar-refractivity contribution in [2.75, 3.05) is 112 Å². The van der Waals surface area contributed by atoms with Gasteiger partial charge in [0.15, 0.2) is 34.0 Å². The van der Waals surface area contributed by atoms with Crippen molar-refractivity contribution in [2.24, 2.45) is 0 Å². The molecule has 10 aromatic carbocycles. The Morgan fingerprint density at radius 3 is 0.811 bits per heavy atom. The molecule has 0 aliphatic carbocycles. The molecule has 0 aliphatic rings. The molecule has 0 spiro atoms. The SMILES string of the molecule is CNCc1ccccc1Pc1cc(OC)ccc1OCOC.CNCc1ccccc1Pc1cc([Si](C)(C)C)cc([Si](C)(C)C)c1OCOC.CNCc1ccccc1Pc1cc([Si](C)(C)C)ccc1OCOC.CNCc1ccccc1Pc1cccc([Si](C)(C)C)c1OCOC.CNCc1ccccc1Pc1cccc([Si](C)(C)C)c1OCOC. The molecule has 0 fully saturated rings. The molecule has 0 heterocycles. The van der Waals surface area contributed by atoms with Crippen LogP contribution in [0.4, 0.5) is 0 Å². The Kier molecular flexibility index (Phi) is 45.8. The Balaban J connectivity index is 0.000000237. The first-order chi connectivity index (χ1) is 58.2. The van der Waals surface area contributed by atoms with E-state index in [1.807, 2.05) is 53.4 Å². The molecule has 0 aliphatic heterocycles. The van der Waals surface area contributed by atoms with Crippen molar-refractivity contribution in [3.63, 3.8) is 0 Å². The van der Waals surface area contributed by atoms with Crippen LogP contribution >= 0.6 is 42.9 Å². The van der Waals surface area contributed by atoms with Crippen LogP contribution in [0.2, 0.25) is 98.2 Å². The number of benzene rings is 10. The normalized spacial score (nSPS) is 12.0. The summed E-state index contributed by atoms with van der Waals surface area (Å²) in [6.45, 7) is 41.5. The van der Waals surface area contributed by atoms with Gasteiger partial charge in [-0.1, -0.05) is 333 Å². The molecule has 5 atom stereocenters. The summed E-state index contributed by atoms with van der Waals surface area (Å²) in [5, 5.41) is 36.4. The summed E-state index contributed by atoms with van der Waals surface area (Å²) in [4.78, 5) is 0. The third-order valence-electron chi connectivity index (χ3n) is 19.3. The van der Waals surface area contributed by atoms with Gasteiger partial charge in [0.25, 0.3) is 0 Å². The zero-order chi connectivity index (χ0) is 89.5. The zero-order valence-corrected chi connectivity index (χ0v) is 87.7. The van der Waals surface area contributed by atoms with Crippen molar-refractivity contribution in [3.05, 3.63) is 234 Å². The van der Waals surface area contributed by atoms with E-state index >= 15 is 0 Å². The van der Waals surface area contributed by atoms with E-state index in [9.17, 15) is 0 Å². The van der Waals surface area contributed by atoms with E-state index in [1.54, 1.807) is 42.7 Å². The highest BCUT2D eigenvalue weighted by atomic mass is 31.1. The van der Waals surface area contributed by atoms with Gasteiger partial charge in [-0.2, -0.15) is 0 Å². The van der Waals surface area contributed by atoms with E-state index < -0.39 is 40.4 Å². The van der Waals surface area contributed by atoms with E-state index in [4.69, 9.17) is 52.1 Å². The molecule has 0 aromatic heterocycles. The molecule has 662 valence electrons. The molecular formula is C96H142N5O11P5Si5. The zero-order valence-electron chi connectivity index (χ0n) is 77.7. The Hall–Kier alpha value is -6.17. The van der Waals surface area contributed by atoms with Crippen LogP contribution in [-0.4, -0.2) is 152 Å². The highest BCUT2D eigenvalue weighted by Gasteiger charge is 2.30. The molecule has 26 heteroatoms. The molecule has 16 nitrogen and oxygen atoms in total. The van der Waals surface area contributed by atoms with Gasteiger partial charge in [0.1, 0.15) is 34.5 Å². The van der Waals surface area contributed by atoms with Gasteiger partial charge in [-0.3, -0.25) is 0 Å². The predicted molar refractivity (Wildman–Crippen MR) is 550 cm³/mol. The second-order valence-corrected chi connectivity index (χ2v) is 66.3. The largest absolute Gasteiger partial charge is 0.497 e. The molecular weight excluding hydrogens is 1690 g/mol. The van der Waals surface area contributed by atoms with Crippen LogP contribution in [0.15, 0.2) is 206 Å². The molecule has 0 saturated carbocycles. The number of para-hydroxylation sites is 2. The molecule has 10 aromatic rings. The van der Waals surface area contributed by atoms with Gasteiger partial charge < -0.3 is 78.7 Å². The van der Waals surface area contributed by atoms with Crippen LogP contribution in [-0.2, 0) is 56.4 Å². The first-order valence-corrected chi connectivity index (χ1v) is 64.1. The second-order valence-electron chi connectivity index (χ2n) is 34.4. The lowest BCUT2D eigenvalue weighted by Crippen LogP contribution is -2.48. The number of hydrogen-bond acceptors (Lipinski definition) is 16. The number of ether oxygens (including phenoxy) is 11. The molecule has 0 saturated heterocycles. The van der Waals surface area contributed by atoms with Crippen molar-refractivity contribution in [3.8, 4) is 34.5 Å². The van der Waals surface area contributed by atoms with Crippen LogP contribution in [0.3, 0.4) is 0 Å². The fraction of sp³-hybridized carbons (Fsp3) is 0.375. The summed E-state index contributed by atoms with van der Waals surface area (Å²) in [6.07, 6.45) is 0. The smallest absolute Gasteiger partial charge is 0.188 e. The summed E-state index contributed by atoms with van der Waals surface area (Å²) >= 11 is 0. The Morgan fingerprint density at radius 2 is 0.508 bits per heavy atom. The lowest BCUT2D eigenvalue weighted by Gasteiger charge is -2.28. The highest BCUT2D eigenvalue weighted by molar-refractivity contribution is 7.57. The highest BCUT2D eigenvalue weighted by Crippen LogP contribution is 2.30. The molecule has 0 bridgehead atoms. The third-order valence-corrected chi connectivity index (χ3v) is 36.5. The molecule has 0 amide bonds.